The minimum atomic E-state index is -6.14. The van der Waals surface area contributed by atoms with Gasteiger partial charge in [0, 0.05) is 7.05 Å². The number of fused-ring (bicyclic) bond motifs is 4. The van der Waals surface area contributed by atoms with Crippen molar-refractivity contribution in [3.8, 4) is 45.9 Å². The molecule has 12 rings (SSSR count). The highest BCUT2D eigenvalue weighted by atomic mass is 19.4. The molecule has 10 aromatic rings. The molecule has 0 N–H and O–H groups in total. The number of rotatable bonds is 11. The number of amides is 4. The van der Waals surface area contributed by atoms with E-state index in [1.165, 1.54) is 60.7 Å². The molecular formula is C65H42F6N4O11. The molecule has 0 aliphatic carbocycles. The summed E-state index contributed by atoms with van der Waals surface area (Å²) in [7, 11) is 1.03. The van der Waals surface area contributed by atoms with Gasteiger partial charge in [0.2, 0.25) is 5.41 Å². The third-order valence-electron chi connectivity index (χ3n) is 15.4. The highest BCUT2D eigenvalue weighted by Gasteiger charge is 2.73. The zero-order valence-corrected chi connectivity index (χ0v) is 45.6. The van der Waals surface area contributed by atoms with Crippen molar-refractivity contribution in [2.24, 2.45) is 0 Å². The second-order valence-electron chi connectivity index (χ2n) is 21.7. The molecule has 86 heavy (non-hydrogen) atoms. The van der Waals surface area contributed by atoms with Crippen molar-refractivity contribution in [2.45, 2.75) is 50.9 Å². The number of hydrogen-bond donors (Lipinski definition) is 0. The Morgan fingerprint density at radius 2 is 0.721 bits per heavy atom. The number of halogens is 6. The van der Waals surface area contributed by atoms with Gasteiger partial charge in [-0.1, -0.05) is 56.7 Å². The molecule has 4 heterocycles. The Labute approximate surface area is 481 Å². The van der Waals surface area contributed by atoms with Crippen LogP contribution >= 0.6 is 0 Å². The predicted octanol–water partition coefficient (Wildman–Crippen LogP) is 12.3. The second kappa shape index (κ2) is 19.7. The molecule has 0 saturated heterocycles. The third kappa shape index (κ3) is 8.83. The molecule has 21 heteroatoms. The molecule has 430 valence electrons. The van der Waals surface area contributed by atoms with E-state index in [1.54, 1.807) is 42.5 Å². The topological polar surface area (TPSA) is 181 Å². The lowest BCUT2D eigenvalue weighted by molar-refractivity contribution is -0.288. The Morgan fingerprint density at radius 1 is 0.360 bits per heavy atom. The summed E-state index contributed by atoms with van der Waals surface area (Å²) >= 11 is 0. The van der Waals surface area contributed by atoms with Gasteiger partial charge in [-0.2, -0.15) is 26.3 Å². The molecular weight excluding hydrogens is 1130 g/mol. The first kappa shape index (κ1) is 55.8. The minimum Gasteiger partial charge on any atom is -0.457 e. The first-order chi connectivity index (χ1) is 40.7. The monoisotopic (exact) mass is 1170 g/mol. The van der Waals surface area contributed by atoms with Crippen LogP contribution in [0.1, 0.15) is 84.5 Å². The van der Waals surface area contributed by atoms with E-state index in [0.29, 0.717) is 57.7 Å². The van der Waals surface area contributed by atoms with Crippen LogP contribution in [0.15, 0.2) is 183 Å². The maximum Gasteiger partial charge on any atom is 0.411 e. The van der Waals surface area contributed by atoms with Crippen LogP contribution in [-0.2, 0) is 10.8 Å². The van der Waals surface area contributed by atoms with E-state index in [0.717, 1.165) is 27.3 Å². The van der Waals surface area contributed by atoms with Crippen molar-refractivity contribution in [2.75, 3.05) is 11.9 Å². The second-order valence-corrected chi connectivity index (χ2v) is 21.7. The molecule has 15 nitrogen and oxygen atoms in total. The smallest absolute Gasteiger partial charge is 0.411 e. The highest BCUT2D eigenvalue weighted by molar-refractivity contribution is 6.34. The van der Waals surface area contributed by atoms with Crippen molar-refractivity contribution in [1.82, 2.24) is 14.0 Å². The number of benzene rings is 8. The summed E-state index contributed by atoms with van der Waals surface area (Å²) in [5.74, 6) is -2.54. The standard InChI is InChI=1S/C65H42F6N4O11/c1-33-6-17-40(18-7-33)84-41-19-11-38(12-20-41)74-58(80)48-31-50-51(32-49(48)59(74)81)61(83)75(60(50)82)39-15-23-43(24-16-39)86-53-30-34(62(2,3)4)10-27-52(53)85-42-21-13-37(14-22-42)73-56(78)45-26-9-36(29-47(45)57(73)79)63(64(66,67)68,65(69,70)71)35-8-25-44-46(28-35)55(77)72(5)54(44)76/h6-32H,1-5H3. The van der Waals surface area contributed by atoms with Crippen molar-refractivity contribution < 1.29 is 59.7 Å². The van der Waals surface area contributed by atoms with E-state index in [9.17, 15) is 38.4 Å². The number of alkyl halides is 6. The molecule has 2 aliphatic heterocycles. The first-order valence-corrected chi connectivity index (χ1v) is 26.3. The SMILES string of the molecule is Cc1ccc(Oc2ccc(-n3c(=O)c4cc5c(=O)n(-c6ccc(Oc7cc(C(C)(C)C)ccc7Oc7ccc(N8C(=O)c9ccc(C(c%10ccc%11c(c%10)C(=O)N(C)C%11=O)(C(F)(F)F)C(F)(F)F)cc9C8=O)cc7)cc6)c(=O)c5cc4c3=O)cc2)cc1. The van der Waals surface area contributed by atoms with Crippen LogP contribution in [0.5, 0.6) is 34.5 Å². The maximum atomic E-state index is 15.3. The van der Waals surface area contributed by atoms with E-state index in [2.05, 4.69) is 0 Å². The van der Waals surface area contributed by atoms with Crippen molar-refractivity contribution >= 4 is 50.9 Å². The summed E-state index contributed by atoms with van der Waals surface area (Å²) in [6, 6.07) is 35.6. The average Bonchev–Trinajstić information content (AvgIpc) is 1.22. The molecule has 0 radical (unpaired) electrons. The number of aromatic nitrogens is 2. The van der Waals surface area contributed by atoms with Gasteiger partial charge in [-0.3, -0.25) is 43.3 Å². The molecule has 8 aromatic carbocycles. The highest BCUT2D eigenvalue weighted by Crippen LogP contribution is 2.57. The normalized spacial score (nSPS) is 13.8. The molecule has 4 amide bonds. The van der Waals surface area contributed by atoms with Gasteiger partial charge in [-0.25, -0.2) is 14.0 Å². The third-order valence-corrected chi connectivity index (χ3v) is 15.4. The average molecular weight is 1170 g/mol. The van der Waals surface area contributed by atoms with Gasteiger partial charge in [0.15, 0.2) is 11.5 Å². The number of nitrogens with zero attached hydrogens (tertiary/aromatic N) is 4. The minimum absolute atomic E-state index is 0.0505. The number of carbonyl (C=O) groups excluding carboxylic acids is 4. The molecule has 0 fully saturated rings. The fraction of sp³-hybridized carbons (Fsp3) is 0.138. The van der Waals surface area contributed by atoms with Crippen molar-refractivity contribution in [3.63, 3.8) is 0 Å². The number of imide groups is 2. The van der Waals surface area contributed by atoms with E-state index in [1.807, 2.05) is 52.0 Å². The summed E-state index contributed by atoms with van der Waals surface area (Å²) < 4.78 is 112. The van der Waals surface area contributed by atoms with Gasteiger partial charge in [-0.15, -0.1) is 0 Å². The van der Waals surface area contributed by atoms with Gasteiger partial charge in [0.05, 0.1) is 60.9 Å². The molecule has 0 unspecified atom stereocenters. The number of carbonyl (C=O) groups is 4. The van der Waals surface area contributed by atoms with Crippen molar-refractivity contribution in [1.29, 1.82) is 0 Å². The van der Waals surface area contributed by atoms with Gasteiger partial charge >= 0.3 is 12.4 Å². The van der Waals surface area contributed by atoms with Crippen LogP contribution in [-0.4, -0.2) is 57.1 Å². The molecule has 2 aromatic heterocycles. The lowest BCUT2D eigenvalue weighted by Crippen LogP contribution is -2.55. The van der Waals surface area contributed by atoms with E-state index in [-0.39, 0.29) is 61.6 Å². The van der Waals surface area contributed by atoms with Gasteiger partial charge in [-0.05, 0) is 162 Å². The fourth-order valence-corrected chi connectivity index (χ4v) is 10.9. The lowest BCUT2D eigenvalue weighted by atomic mass is 9.71. The van der Waals surface area contributed by atoms with Gasteiger partial charge in [0.1, 0.15) is 23.0 Å². The van der Waals surface area contributed by atoms with E-state index >= 15 is 26.3 Å². The summed E-state index contributed by atoms with van der Waals surface area (Å²) in [5.41, 5.74) is -11.1. The number of ether oxygens (including phenoxy) is 3. The zero-order valence-electron chi connectivity index (χ0n) is 45.6. The molecule has 0 saturated carbocycles. The first-order valence-electron chi connectivity index (χ1n) is 26.3. The maximum absolute atomic E-state index is 15.3. The quantitative estimate of drug-likeness (QED) is 0.0888. The van der Waals surface area contributed by atoms with Crippen LogP contribution in [0, 0.1) is 6.92 Å². The molecule has 0 spiro atoms. The summed E-state index contributed by atoms with van der Waals surface area (Å²) in [6.45, 7) is 7.84. The largest absolute Gasteiger partial charge is 0.457 e. The number of aryl methyl sites for hydroxylation is 1. The Bertz CT molecular complexity index is 4670. The van der Waals surface area contributed by atoms with E-state index < -0.39 is 102 Å². The molecule has 0 bridgehead atoms. The van der Waals surface area contributed by atoms with Crippen molar-refractivity contribution in [3.05, 3.63) is 250 Å². The number of anilines is 1. The van der Waals surface area contributed by atoms with Crippen LogP contribution in [0.25, 0.3) is 32.9 Å². The van der Waals surface area contributed by atoms with Crippen LogP contribution in [0.4, 0.5) is 32.0 Å². The summed E-state index contributed by atoms with van der Waals surface area (Å²) in [4.78, 5) is 110. The van der Waals surface area contributed by atoms with Crippen LogP contribution in [0.2, 0.25) is 0 Å². The number of hydrogen-bond acceptors (Lipinski definition) is 11. The Balaban J connectivity index is 0.791. The predicted molar refractivity (Wildman–Crippen MR) is 304 cm³/mol. The fourth-order valence-electron chi connectivity index (χ4n) is 10.9. The Morgan fingerprint density at radius 3 is 1.16 bits per heavy atom. The summed E-state index contributed by atoms with van der Waals surface area (Å²) in [5, 5.41) is -0.252. The van der Waals surface area contributed by atoms with Crippen LogP contribution in [0.3, 0.4) is 0 Å². The lowest BCUT2D eigenvalue weighted by Gasteiger charge is -2.38. The molecule has 2 aliphatic rings. The zero-order chi connectivity index (χ0) is 61.3. The Hall–Kier alpha value is -10.7. The van der Waals surface area contributed by atoms with Gasteiger partial charge < -0.3 is 14.2 Å². The Kier molecular flexibility index (Phi) is 12.8. The van der Waals surface area contributed by atoms with Crippen LogP contribution < -0.4 is 41.3 Å². The summed E-state index contributed by atoms with van der Waals surface area (Å²) in [6.07, 6.45) is -12.3. The van der Waals surface area contributed by atoms with E-state index in [4.69, 9.17) is 14.2 Å². The van der Waals surface area contributed by atoms with Gasteiger partial charge in [0.25, 0.3) is 45.9 Å². The molecule has 0 atom stereocenters.